The maximum absolute atomic E-state index is 13.7. The molecule has 1 aliphatic heterocycles. The van der Waals surface area contributed by atoms with Gasteiger partial charge in [-0.05, 0) is 41.7 Å². The third kappa shape index (κ3) is 7.12. The number of carbonyl (C=O) groups excluding carboxylic acids is 2. The number of hydrogen-bond donors (Lipinski definition) is 3. The summed E-state index contributed by atoms with van der Waals surface area (Å²) in [6.07, 6.45) is 2.25. The van der Waals surface area contributed by atoms with Crippen molar-refractivity contribution in [1.29, 1.82) is 0 Å². The van der Waals surface area contributed by atoms with Crippen molar-refractivity contribution in [3.63, 3.8) is 0 Å². The predicted octanol–water partition coefficient (Wildman–Crippen LogP) is 4.42. The lowest BCUT2D eigenvalue weighted by Gasteiger charge is -2.34. The minimum atomic E-state index is -3.96. The predicted molar refractivity (Wildman–Crippen MR) is 168 cm³/mol. The van der Waals surface area contributed by atoms with E-state index in [2.05, 4.69) is 28.0 Å². The van der Waals surface area contributed by atoms with Crippen molar-refractivity contribution in [2.75, 3.05) is 18.8 Å². The topological polar surface area (TPSA) is 134 Å². The molecule has 10 nitrogen and oxygen atoms in total. The fourth-order valence-electron chi connectivity index (χ4n) is 4.70. The fraction of sp³-hybridized carbons (Fsp3) is 0.267. The molecule has 43 heavy (non-hydrogen) atoms. The summed E-state index contributed by atoms with van der Waals surface area (Å²) in [4.78, 5) is 25.0. The molecular weight excluding hydrogens is 607 g/mol. The van der Waals surface area contributed by atoms with E-state index < -0.39 is 20.8 Å². The van der Waals surface area contributed by atoms with Gasteiger partial charge in [0.25, 0.3) is 15.9 Å². The van der Waals surface area contributed by atoms with Crippen LogP contribution in [0.1, 0.15) is 23.1 Å². The maximum atomic E-state index is 13.7. The number of thiophene rings is 1. The number of nitrogens with zero attached hydrogens (tertiary/aromatic N) is 2. The van der Waals surface area contributed by atoms with E-state index in [-0.39, 0.29) is 29.8 Å². The highest BCUT2D eigenvalue weighted by atomic mass is 32.2. The molecule has 1 radical (unpaired) electrons. The van der Waals surface area contributed by atoms with Crippen LogP contribution in [0.2, 0.25) is 0 Å². The Kier molecular flexibility index (Phi) is 9.86. The van der Waals surface area contributed by atoms with Crippen LogP contribution in [0.3, 0.4) is 0 Å². The largest absolute Gasteiger partial charge is 0.364 e. The Hall–Kier alpha value is -3.65. The Morgan fingerprint density at radius 2 is 1.65 bits per heavy atom. The standard InChI is InChI=1S/C30H32N5O5S3/c1-2-30(35(17-19-41-30)43(38,39)27-13-12-26(42-27)25-15-18-40-34-25)28(36)32-20-23-8-10-24(11-9-23)21-33-29(37)31-16-14-22-6-4-3-5-7-22/h3-13,15,18H,1-2,14,16-17,19-21H2,(H,32,36)(H2,31,33,37). The zero-order chi connectivity index (χ0) is 30.3. The molecule has 13 heteroatoms. The number of carbonyl (C=O) groups is 2. The Morgan fingerprint density at radius 1 is 0.930 bits per heavy atom. The summed E-state index contributed by atoms with van der Waals surface area (Å²) >= 11 is 2.37. The summed E-state index contributed by atoms with van der Waals surface area (Å²) in [6, 6.07) is 22.1. The average molecular weight is 639 g/mol. The molecule has 3 heterocycles. The summed E-state index contributed by atoms with van der Waals surface area (Å²) in [5, 5.41) is 12.5. The second kappa shape index (κ2) is 13.8. The zero-order valence-electron chi connectivity index (χ0n) is 23.3. The van der Waals surface area contributed by atoms with Gasteiger partial charge in [-0.3, -0.25) is 4.79 Å². The highest BCUT2D eigenvalue weighted by Gasteiger charge is 2.53. The third-order valence-corrected chi connectivity index (χ3v) is 12.1. The Labute approximate surface area is 259 Å². The summed E-state index contributed by atoms with van der Waals surface area (Å²) < 4.78 is 33.6. The molecule has 0 spiro atoms. The van der Waals surface area contributed by atoms with Gasteiger partial charge in [0.15, 0.2) is 4.87 Å². The van der Waals surface area contributed by atoms with Gasteiger partial charge in [-0.2, -0.15) is 4.31 Å². The van der Waals surface area contributed by atoms with E-state index in [1.807, 2.05) is 54.6 Å². The fourth-order valence-corrected chi connectivity index (χ4v) is 9.48. The lowest BCUT2D eigenvalue weighted by Crippen LogP contribution is -2.55. The van der Waals surface area contributed by atoms with E-state index in [0.29, 0.717) is 29.4 Å². The minimum absolute atomic E-state index is 0.0717. The van der Waals surface area contributed by atoms with Gasteiger partial charge in [-0.25, -0.2) is 13.2 Å². The van der Waals surface area contributed by atoms with Crippen molar-refractivity contribution in [3.8, 4) is 10.6 Å². The number of benzene rings is 2. The Bertz CT molecular complexity index is 1630. The second-order valence-electron chi connectivity index (χ2n) is 9.81. The molecule has 3 amide bonds. The number of amides is 3. The molecule has 1 saturated heterocycles. The van der Waals surface area contributed by atoms with Crippen LogP contribution in [-0.2, 0) is 34.3 Å². The van der Waals surface area contributed by atoms with Crippen LogP contribution in [0.25, 0.3) is 10.6 Å². The highest BCUT2D eigenvalue weighted by molar-refractivity contribution is 8.03. The number of sulfonamides is 1. The summed E-state index contributed by atoms with van der Waals surface area (Å²) in [5.74, 6) is 0.0744. The first-order valence-corrected chi connectivity index (χ1v) is 16.9. The SMILES string of the molecule is [CH2]CC1(C(=O)NCc2ccc(CNC(=O)NCCc3ccccc3)cc2)SCCN1S(=O)(=O)c1ccc(-c2ccon2)s1. The normalized spacial score (nSPS) is 17.0. The highest BCUT2D eigenvalue weighted by Crippen LogP contribution is 2.44. The van der Waals surface area contributed by atoms with Gasteiger partial charge in [0.05, 0.1) is 4.88 Å². The van der Waals surface area contributed by atoms with Crippen LogP contribution in [-0.4, -0.2) is 53.5 Å². The first-order valence-electron chi connectivity index (χ1n) is 13.7. The summed E-state index contributed by atoms with van der Waals surface area (Å²) in [7, 11) is -3.96. The first kappa shape index (κ1) is 30.8. The Balaban J connectivity index is 1.14. The van der Waals surface area contributed by atoms with E-state index in [1.165, 1.54) is 28.4 Å². The van der Waals surface area contributed by atoms with Crippen molar-refractivity contribution >= 4 is 45.1 Å². The minimum Gasteiger partial charge on any atom is -0.364 e. The summed E-state index contributed by atoms with van der Waals surface area (Å²) in [5.41, 5.74) is 3.46. The number of hydrogen-bond acceptors (Lipinski definition) is 8. The second-order valence-corrected chi connectivity index (χ2v) is 14.4. The van der Waals surface area contributed by atoms with Gasteiger partial charge in [0.1, 0.15) is 16.2 Å². The van der Waals surface area contributed by atoms with E-state index in [1.54, 1.807) is 12.1 Å². The van der Waals surface area contributed by atoms with Gasteiger partial charge in [-0.1, -0.05) is 66.7 Å². The van der Waals surface area contributed by atoms with Crippen LogP contribution >= 0.6 is 23.1 Å². The third-order valence-electron chi connectivity index (χ3n) is 7.02. The van der Waals surface area contributed by atoms with Crippen LogP contribution < -0.4 is 16.0 Å². The number of thioether (sulfide) groups is 1. The average Bonchev–Trinajstić information content (AvgIpc) is 3.81. The molecule has 3 N–H and O–H groups in total. The smallest absolute Gasteiger partial charge is 0.315 e. The van der Waals surface area contributed by atoms with Crippen molar-refractivity contribution in [3.05, 3.63) is 103 Å². The molecule has 5 rings (SSSR count). The lowest BCUT2D eigenvalue weighted by molar-refractivity contribution is -0.126. The van der Waals surface area contributed by atoms with Crippen molar-refractivity contribution in [2.45, 2.75) is 35.0 Å². The molecule has 0 bridgehead atoms. The Morgan fingerprint density at radius 3 is 2.33 bits per heavy atom. The molecule has 0 saturated carbocycles. The first-order chi connectivity index (χ1) is 20.8. The van der Waals surface area contributed by atoms with E-state index in [0.717, 1.165) is 34.4 Å². The van der Waals surface area contributed by atoms with Gasteiger partial charge in [0, 0.05) is 38.0 Å². The van der Waals surface area contributed by atoms with Crippen LogP contribution in [0.15, 0.2) is 87.8 Å². The summed E-state index contributed by atoms with van der Waals surface area (Å²) in [6.45, 7) is 5.28. The lowest BCUT2D eigenvalue weighted by atomic mass is 10.1. The monoisotopic (exact) mass is 638 g/mol. The van der Waals surface area contributed by atoms with Gasteiger partial charge in [0.2, 0.25) is 0 Å². The number of aromatic nitrogens is 1. The molecule has 0 aliphatic carbocycles. The molecule has 1 atom stereocenters. The van der Waals surface area contributed by atoms with Crippen molar-refractivity contribution in [2.24, 2.45) is 0 Å². The van der Waals surface area contributed by atoms with E-state index >= 15 is 0 Å². The van der Waals surface area contributed by atoms with E-state index in [9.17, 15) is 18.0 Å². The molecule has 2 aromatic heterocycles. The van der Waals surface area contributed by atoms with Gasteiger partial charge in [-0.15, -0.1) is 23.1 Å². The van der Waals surface area contributed by atoms with E-state index in [4.69, 9.17) is 4.52 Å². The molecule has 1 unspecified atom stereocenters. The van der Waals surface area contributed by atoms with Crippen LogP contribution in [0.5, 0.6) is 0 Å². The van der Waals surface area contributed by atoms with Gasteiger partial charge >= 0.3 is 6.03 Å². The molecule has 1 fully saturated rings. The number of urea groups is 1. The zero-order valence-corrected chi connectivity index (χ0v) is 25.8. The van der Waals surface area contributed by atoms with Crippen LogP contribution in [0.4, 0.5) is 4.79 Å². The molecule has 1 aliphatic rings. The molecule has 2 aromatic carbocycles. The van der Waals surface area contributed by atoms with Crippen molar-refractivity contribution in [1.82, 2.24) is 25.4 Å². The quantitative estimate of drug-likeness (QED) is 0.209. The van der Waals surface area contributed by atoms with Crippen LogP contribution in [0, 0.1) is 6.92 Å². The number of nitrogens with one attached hydrogen (secondary N) is 3. The van der Waals surface area contributed by atoms with Crippen molar-refractivity contribution < 1.29 is 22.5 Å². The van der Waals surface area contributed by atoms with Gasteiger partial charge < -0.3 is 20.5 Å². The molecular formula is C30H32N5O5S3. The number of rotatable bonds is 12. The molecule has 225 valence electrons. The molecule has 4 aromatic rings. The maximum Gasteiger partial charge on any atom is 0.315 e.